The van der Waals surface area contributed by atoms with E-state index in [2.05, 4.69) is 0 Å². The first-order chi connectivity index (χ1) is 5.70. The first kappa shape index (κ1) is 9.30. The maximum absolute atomic E-state index is 10.5. The fourth-order valence-electron chi connectivity index (χ4n) is 0.754. The quantitative estimate of drug-likeness (QED) is 0.782. The third-order valence-corrected chi connectivity index (χ3v) is 3.71. The van der Waals surface area contributed by atoms with Gasteiger partial charge in [-0.3, -0.25) is 0 Å². The number of carboxylic acids is 1. The standard InChI is InChI=1S/C9H10O2Se/c1-7(9(10)11)12-8-5-3-2-4-6-8/h2-7H,1H3,(H,10,11). The van der Waals surface area contributed by atoms with Crippen LogP contribution in [-0.2, 0) is 4.79 Å². The second kappa shape index (κ2) is 4.29. The molecule has 0 aliphatic heterocycles. The number of hydrogen-bond acceptors (Lipinski definition) is 1. The molecule has 0 fully saturated rings. The van der Waals surface area contributed by atoms with Crippen LogP contribution in [-0.4, -0.2) is 26.0 Å². The number of carboxylic acid groups (broad SMARTS) is 1. The zero-order valence-electron chi connectivity index (χ0n) is 6.73. The van der Waals surface area contributed by atoms with Gasteiger partial charge in [0.1, 0.15) is 0 Å². The van der Waals surface area contributed by atoms with Gasteiger partial charge in [0, 0.05) is 0 Å². The molecule has 1 atom stereocenters. The van der Waals surface area contributed by atoms with E-state index >= 15 is 0 Å². The summed E-state index contributed by atoms with van der Waals surface area (Å²) in [4.78, 5) is 10.3. The molecule has 0 aromatic heterocycles. The van der Waals surface area contributed by atoms with Crippen molar-refractivity contribution >= 4 is 25.4 Å². The van der Waals surface area contributed by atoms with Crippen molar-refractivity contribution in [1.82, 2.24) is 0 Å². The average Bonchev–Trinajstić information content (AvgIpc) is 2.06. The molecule has 1 N–H and O–H groups in total. The first-order valence-electron chi connectivity index (χ1n) is 3.64. The SMILES string of the molecule is CC([Se]c1ccccc1)C(=O)O. The van der Waals surface area contributed by atoms with Crippen LogP contribution >= 0.6 is 0 Å². The Morgan fingerprint density at radius 1 is 1.42 bits per heavy atom. The molecule has 64 valence electrons. The van der Waals surface area contributed by atoms with E-state index in [0.717, 1.165) is 4.46 Å². The molecule has 2 nitrogen and oxygen atoms in total. The van der Waals surface area contributed by atoms with Crippen LogP contribution < -0.4 is 4.46 Å². The Kier molecular flexibility index (Phi) is 3.32. The molecule has 0 aliphatic rings. The van der Waals surface area contributed by atoms with Gasteiger partial charge in [0.15, 0.2) is 0 Å². The summed E-state index contributed by atoms with van der Waals surface area (Å²) >= 11 is 0.0487. The second-order valence-corrected chi connectivity index (χ2v) is 5.38. The zero-order valence-corrected chi connectivity index (χ0v) is 8.44. The summed E-state index contributed by atoms with van der Waals surface area (Å²) in [6, 6.07) is 9.75. The topological polar surface area (TPSA) is 37.3 Å². The Morgan fingerprint density at radius 3 is 2.50 bits per heavy atom. The monoisotopic (exact) mass is 230 g/mol. The van der Waals surface area contributed by atoms with Gasteiger partial charge in [0.05, 0.1) is 0 Å². The van der Waals surface area contributed by atoms with Crippen LogP contribution in [0.15, 0.2) is 30.3 Å². The first-order valence-corrected chi connectivity index (χ1v) is 5.49. The molecule has 1 unspecified atom stereocenters. The van der Waals surface area contributed by atoms with Crippen molar-refractivity contribution in [1.29, 1.82) is 0 Å². The fourth-order valence-corrected chi connectivity index (χ4v) is 2.48. The van der Waals surface area contributed by atoms with Crippen LogP contribution in [0.5, 0.6) is 0 Å². The van der Waals surface area contributed by atoms with E-state index in [4.69, 9.17) is 5.11 Å². The van der Waals surface area contributed by atoms with Crippen molar-refractivity contribution in [3.8, 4) is 0 Å². The van der Waals surface area contributed by atoms with E-state index in [1.165, 1.54) is 0 Å². The zero-order chi connectivity index (χ0) is 8.97. The van der Waals surface area contributed by atoms with Gasteiger partial charge in [0.25, 0.3) is 0 Å². The normalized spacial score (nSPS) is 12.4. The Hall–Kier alpha value is -0.791. The fraction of sp³-hybridized carbons (Fsp3) is 0.222. The minimum atomic E-state index is -0.709. The van der Waals surface area contributed by atoms with E-state index in [0.29, 0.717) is 0 Å². The van der Waals surface area contributed by atoms with Crippen LogP contribution in [0.2, 0.25) is 4.82 Å². The molecular weight excluding hydrogens is 219 g/mol. The van der Waals surface area contributed by atoms with Crippen LogP contribution in [0.25, 0.3) is 0 Å². The van der Waals surface area contributed by atoms with Gasteiger partial charge in [-0.2, -0.15) is 0 Å². The molecule has 0 aliphatic carbocycles. The van der Waals surface area contributed by atoms with Gasteiger partial charge in [-0.15, -0.1) is 0 Å². The molecule has 0 radical (unpaired) electrons. The molecule has 1 aromatic carbocycles. The summed E-state index contributed by atoms with van der Waals surface area (Å²) in [7, 11) is 0. The Bertz CT molecular complexity index is 258. The van der Waals surface area contributed by atoms with E-state index < -0.39 is 5.97 Å². The van der Waals surface area contributed by atoms with Gasteiger partial charge in [0.2, 0.25) is 0 Å². The molecule has 3 heteroatoms. The third-order valence-electron chi connectivity index (χ3n) is 1.40. The van der Waals surface area contributed by atoms with Gasteiger partial charge < -0.3 is 0 Å². The van der Waals surface area contributed by atoms with Crippen molar-refractivity contribution in [2.24, 2.45) is 0 Å². The molecule has 0 saturated carbocycles. The van der Waals surface area contributed by atoms with Crippen LogP contribution in [0, 0.1) is 0 Å². The Balaban J connectivity index is 2.58. The van der Waals surface area contributed by atoms with E-state index in [-0.39, 0.29) is 19.8 Å². The molecule has 1 rings (SSSR count). The minimum absolute atomic E-state index is 0.0487. The van der Waals surface area contributed by atoms with Crippen molar-refractivity contribution in [3.05, 3.63) is 30.3 Å². The van der Waals surface area contributed by atoms with Gasteiger partial charge in [-0.1, -0.05) is 0 Å². The van der Waals surface area contributed by atoms with E-state index in [9.17, 15) is 4.79 Å². The maximum atomic E-state index is 10.5. The van der Waals surface area contributed by atoms with Crippen molar-refractivity contribution in [3.63, 3.8) is 0 Å². The number of rotatable bonds is 3. The molecule has 0 saturated heterocycles. The average molecular weight is 229 g/mol. The summed E-state index contributed by atoms with van der Waals surface area (Å²) in [5.74, 6) is -0.709. The predicted molar refractivity (Wildman–Crippen MR) is 48.9 cm³/mol. The summed E-state index contributed by atoms with van der Waals surface area (Å²) < 4.78 is 1.14. The van der Waals surface area contributed by atoms with Crippen molar-refractivity contribution in [2.45, 2.75) is 11.7 Å². The van der Waals surface area contributed by atoms with Gasteiger partial charge in [-0.05, 0) is 0 Å². The third kappa shape index (κ3) is 2.68. The summed E-state index contributed by atoms with van der Waals surface area (Å²) in [6.45, 7) is 1.75. The summed E-state index contributed by atoms with van der Waals surface area (Å²) in [6.07, 6.45) is 0. The second-order valence-electron chi connectivity index (χ2n) is 2.41. The summed E-state index contributed by atoms with van der Waals surface area (Å²) in [5, 5.41) is 8.66. The molecule has 12 heavy (non-hydrogen) atoms. The molecule has 0 amide bonds. The van der Waals surface area contributed by atoms with Crippen LogP contribution in [0.1, 0.15) is 6.92 Å². The van der Waals surface area contributed by atoms with E-state index in [1.54, 1.807) is 6.92 Å². The number of carbonyl (C=O) groups is 1. The number of hydrogen-bond donors (Lipinski definition) is 1. The van der Waals surface area contributed by atoms with Gasteiger partial charge in [-0.25, -0.2) is 0 Å². The molecule has 0 heterocycles. The molecule has 0 bridgehead atoms. The predicted octanol–water partition coefficient (Wildman–Crippen LogP) is 0.909. The number of aliphatic carboxylic acids is 1. The van der Waals surface area contributed by atoms with E-state index in [1.807, 2.05) is 30.3 Å². The molecular formula is C9H10O2Se. The van der Waals surface area contributed by atoms with Crippen molar-refractivity contribution in [2.75, 3.05) is 0 Å². The van der Waals surface area contributed by atoms with Crippen LogP contribution in [0.4, 0.5) is 0 Å². The Labute approximate surface area is 77.8 Å². The van der Waals surface area contributed by atoms with Gasteiger partial charge >= 0.3 is 77.4 Å². The number of benzene rings is 1. The molecule has 1 aromatic rings. The molecule has 0 spiro atoms. The Morgan fingerprint density at radius 2 is 2.00 bits per heavy atom. The van der Waals surface area contributed by atoms with Crippen molar-refractivity contribution < 1.29 is 9.90 Å². The van der Waals surface area contributed by atoms with Crippen LogP contribution in [0.3, 0.4) is 0 Å². The summed E-state index contributed by atoms with van der Waals surface area (Å²) in [5.41, 5.74) is 0.